The van der Waals surface area contributed by atoms with Gasteiger partial charge in [0.25, 0.3) is 0 Å². The Bertz CT molecular complexity index is 256. The van der Waals surface area contributed by atoms with Gasteiger partial charge in [0.1, 0.15) is 12.4 Å². The van der Waals surface area contributed by atoms with Crippen molar-refractivity contribution >= 4 is 0 Å². The molecule has 0 aliphatic carbocycles. The van der Waals surface area contributed by atoms with Gasteiger partial charge in [-0.15, -0.1) is 0 Å². The van der Waals surface area contributed by atoms with Crippen molar-refractivity contribution < 1.29 is 9.84 Å². The van der Waals surface area contributed by atoms with Crippen molar-refractivity contribution in [2.75, 3.05) is 13.7 Å². The summed E-state index contributed by atoms with van der Waals surface area (Å²) in [5.74, 6) is 0.797. The third kappa shape index (κ3) is 3.77. The summed E-state index contributed by atoms with van der Waals surface area (Å²) in [7, 11) is 1.91. The molecule has 0 fully saturated rings. The predicted octanol–water partition coefficient (Wildman–Crippen LogP) is 1.17. The molecule has 3 heteroatoms. The highest BCUT2D eigenvalue weighted by atomic mass is 16.5. The molecule has 0 spiro atoms. The van der Waals surface area contributed by atoms with Gasteiger partial charge < -0.3 is 15.2 Å². The fraction of sp³-hybridized carbons (Fsp3) is 0.455. The van der Waals surface area contributed by atoms with Gasteiger partial charge in [-0.05, 0) is 31.7 Å². The lowest BCUT2D eigenvalue weighted by Crippen LogP contribution is -2.12. The first-order chi connectivity index (χ1) is 6.72. The molecule has 0 heterocycles. The zero-order valence-electron chi connectivity index (χ0n) is 8.66. The Labute approximate surface area is 84.7 Å². The van der Waals surface area contributed by atoms with Gasteiger partial charge in [0.05, 0.1) is 6.10 Å². The summed E-state index contributed by atoms with van der Waals surface area (Å²) in [6.07, 6.45) is -0.424. The summed E-state index contributed by atoms with van der Waals surface area (Å²) in [4.78, 5) is 0. The van der Waals surface area contributed by atoms with Crippen LogP contribution in [0.2, 0.25) is 0 Å². The SMILES string of the molecule is CNCc1ccc(OCC(C)O)cc1. The van der Waals surface area contributed by atoms with Crippen LogP contribution in [-0.2, 0) is 6.54 Å². The molecule has 0 aliphatic rings. The zero-order chi connectivity index (χ0) is 10.4. The van der Waals surface area contributed by atoms with Crippen LogP contribution < -0.4 is 10.1 Å². The number of ether oxygens (including phenoxy) is 1. The van der Waals surface area contributed by atoms with Gasteiger partial charge in [0.2, 0.25) is 0 Å². The normalized spacial score (nSPS) is 12.5. The molecule has 1 aromatic rings. The highest BCUT2D eigenvalue weighted by Gasteiger charge is 1.97. The van der Waals surface area contributed by atoms with Gasteiger partial charge in [-0.1, -0.05) is 12.1 Å². The molecule has 1 aromatic carbocycles. The van der Waals surface area contributed by atoms with Gasteiger partial charge in [0, 0.05) is 6.54 Å². The van der Waals surface area contributed by atoms with E-state index >= 15 is 0 Å². The summed E-state index contributed by atoms with van der Waals surface area (Å²) >= 11 is 0. The molecule has 2 N–H and O–H groups in total. The minimum absolute atomic E-state index is 0.339. The number of aliphatic hydroxyl groups is 1. The third-order valence-electron chi connectivity index (χ3n) is 1.80. The van der Waals surface area contributed by atoms with Crippen molar-refractivity contribution in [3.8, 4) is 5.75 Å². The summed E-state index contributed by atoms with van der Waals surface area (Å²) < 4.78 is 5.33. The Morgan fingerprint density at radius 2 is 2.00 bits per heavy atom. The first-order valence-electron chi connectivity index (χ1n) is 4.77. The smallest absolute Gasteiger partial charge is 0.119 e. The van der Waals surface area contributed by atoms with E-state index < -0.39 is 6.10 Å². The van der Waals surface area contributed by atoms with E-state index in [1.165, 1.54) is 5.56 Å². The topological polar surface area (TPSA) is 41.5 Å². The molecular formula is C11H17NO2. The van der Waals surface area contributed by atoms with Gasteiger partial charge in [-0.2, -0.15) is 0 Å². The van der Waals surface area contributed by atoms with Crippen molar-refractivity contribution in [1.82, 2.24) is 5.32 Å². The molecule has 1 atom stereocenters. The van der Waals surface area contributed by atoms with Crippen LogP contribution in [-0.4, -0.2) is 24.9 Å². The van der Waals surface area contributed by atoms with Gasteiger partial charge in [-0.3, -0.25) is 0 Å². The maximum absolute atomic E-state index is 9.02. The maximum atomic E-state index is 9.02. The number of nitrogens with one attached hydrogen (secondary N) is 1. The van der Waals surface area contributed by atoms with Gasteiger partial charge in [0.15, 0.2) is 0 Å². The molecule has 0 aromatic heterocycles. The van der Waals surface area contributed by atoms with Crippen LogP contribution >= 0.6 is 0 Å². The zero-order valence-corrected chi connectivity index (χ0v) is 8.66. The summed E-state index contributed by atoms with van der Waals surface area (Å²) in [5, 5.41) is 12.1. The Morgan fingerprint density at radius 3 is 2.50 bits per heavy atom. The van der Waals surface area contributed by atoms with Crippen molar-refractivity contribution in [2.24, 2.45) is 0 Å². The molecule has 0 aliphatic heterocycles. The van der Waals surface area contributed by atoms with Crippen LogP contribution in [0.4, 0.5) is 0 Å². The highest BCUT2D eigenvalue weighted by Crippen LogP contribution is 2.12. The van der Waals surface area contributed by atoms with Crippen LogP contribution in [0, 0.1) is 0 Å². The van der Waals surface area contributed by atoms with E-state index in [0.29, 0.717) is 6.61 Å². The molecular weight excluding hydrogens is 178 g/mol. The number of benzene rings is 1. The molecule has 1 unspecified atom stereocenters. The molecule has 78 valence electrons. The second kappa shape index (κ2) is 5.62. The maximum Gasteiger partial charge on any atom is 0.119 e. The van der Waals surface area contributed by atoms with Crippen molar-refractivity contribution in [3.63, 3.8) is 0 Å². The summed E-state index contributed by atoms with van der Waals surface area (Å²) in [6, 6.07) is 7.84. The molecule has 0 saturated heterocycles. The number of hydrogen-bond acceptors (Lipinski definition) is 3. The largest absolute Gasteiger partial charge is 0.491 e. The monoisotopic (exact) mass is 195 g/mol. The number of hydrogen-bond donors (Lipinski definition) is 2. The first-order valence-corrected chi connectivity index (χ1v) is 4.77. The predicted molar refractivity (Wildman–Crippen MR) is 56.4 cm³/mol. The minimum atomic E-state index is -0.424. The highest BCUT2D eigenvalue weighted by molar-refractivity contribution is 5.27. The van der Waals surface area contributed by atoms with Crippen LogP contribution in [0.3, 0.4) is 0 Å². The second-order valence-corrected chi connectivity index (χ2v) is 3.33. The standard InChI is InChI=1S/C11H17NO2/c1-9(13)8-14-11-5-3-10(4-6-11)7-12-2/h3-6,9,12-13H,7-8H2,1-2H3. The van der Waals surface area contributed by atoms with Crippen LogP contribution in [0.25, 0.3) is 0 Å². The van der Waals surface area contributed by atoms with Gasteiger partial charge in [-0.25, -0.2) is 0 Å². The fourth-order valence-electron chi connectivity index (χ4n) is 1.12. The molecule has 0 radical (unpaired) electrons. The van der Waals surface area contributed by atoms with E-state index in [1.807, 2.05) is 31.3 Å². The molecule has 0 amide bonds. The van der Waals surface area contributed by atoms with Crippen LogP contribution in [0.5, 0.6) is 5.75 Å². The Morgan fingerprint density at radius 1 is 1.36 bits per heavy atom. The number of aliphatic hydroxyl groups excluding tert-OH is 1. The molecule has 0 saturated carbocycles. The van der Waals surface area contributed by atoms with E-state index in [0.717, 1.165) is 12.3 Å². The van der Waals surface area contributed by atoms with E-state index in [1.54, 1.807) is 6.92 Å². The molecule has 0 bridgehead atoms. The molecule has 3 nitrogen and oxygen atoms in total. The van der Waals surface area contributed by atoms with Crippen LogP contribution in [0.1, 0.15) is 12.5 Å². The summed E-state index contributed by atoms with van der Waals surface area (Å²) in [5.41, 5.74) is 1.22. The Balaban J connectivity index is 2.46. The quantitative estimate of drug-likeness (QED) is 0.741. The lowest BCUT2D eigenvalue weighted by atomic mass is 10.2. The van der Waals surface area contributed by atoms with Crippen molar-refractivity contribution in [1.29, 1.82) is 0 Å². The van der Waals surface area contributed by atoms with Crippen LogP contribution in [0.15, 0.2) is 24.3 Å². The van der Waals surface area contributed by atoms with E-state index in [4.69, 9.17) is 9.84 Å². The molecule has 1 rings (SSSR count). The lowest BCUT2D eigenvalue weighted by molar-refractivity contribution is 0.122. The average Bonchev–Trinajstić information content (AvgIpc) is 2.17. The van der Waals surface area contributed by atoms with E-state index in [2.05, 4.69) is 5.32 Å². The Kier molecular flexibility index (Phi) is 4.43. The third-order valence-corrected chi connectivity index (χ3v) is 1.80. The average molecular weight is 195 g/mol. The van der Waals surface area contributed by atoms with E-state index in [9.17, 15) is 0 Å². The summed E-state index contributed by atoms with van der Waals surface area (Å²) in [6.45, 7) is 2.90. The molecule has 14 heavy (non-hydrogen) atoms. The second-order valence-electron chi connectivity index (χ2n) is 3.33. The Hall–Kier alpha value is -1.06. The fourth-order valence-corrected chi connectivity index (χ4v) is 1.12. The number of rotatable bonds is 5. The van der Waals surface area contributed by atoms with Crippen molar-refractivity contribution in [3.05, 3.63) is 29.8 Å². The first kappa shape index (κ1) is 11.0. The van der Waals surface area contributed by atoms with E-state index in [-0.39, 0.29) is 0 Å². The van der Waals surface area contributed by atoms with Crippen molar-refractivity contribution in [2.45, 2.75) is 19.6 Å². The lowest BCUT2D eigenvalue weighted by Gasteiger charge is -2.08. The van der Waals surface area contributed by atoms with Gasteiger partial charge >= 0.3 is 0 Å². The minimum Gasteiger partial charge on any atom is -0.491 e.